The number of hydrogen-bond donors (Lipinski definition) is 0. The normalized spacial score (nSPS) is 11.7. The Hall–Kier alpha value is -0.610. The van der Waals surface area contributed by atoms with E-state index in [9.17, 15) is 4.79 Å². The summed E-state index contributed by atoms with van der Waals surface area (Å²) in [5.41, 5.74) is 0. The molecule has 0 radical (unpaired) electrons. The van der Waals surface area contributed by atoms with Gasteiger partial charge in [0.2, 0.25) is 0 Å². The molecule has 186 valence electrons. The van der Waals surface area contributed by atoms with E-state index < -0.39 is 5.79 Å². The van der Waals surface area contributed by atoms with Gasteiger partial charge < -0.3 is 14.2 Å². The zero-order valence-electron chi connectivity index (χ0n) is 21.5. The molecule has 0 rings (SSSR count). The Morgan fingerprint density at radius 3 is 1.23 bits per heavy atom. The van der Waals surface area contributed by atoms with Gasteiger partial charge in [-0.15, -0.1) is 0 Å². The van der Waals surface area contributed by atoms with Crippen LogP contribution in [0.15, 0.2) is 0 Å². The monoisotopic (exact) mass is 442 g/mol. The van der Waals surface area contributed by atoms with Gasteiger partial charge in [-0.05, 0) is 19.3 Å². The third kappa shape index (κ3) is 18.6. The van der Waals surface area contributed by atoms with Crippen molar-refractivity contribution in [3.63, 3.8) is 0 Å². The van der Waals surface area contributed by atoms with Crippen molar-refractivity contribution < 1.29 is 19.0 Å². The minimum Gasteiger partial charge on any atom is -0.462 e. The first kappa shape index (κ1) is 30.4. The van der Waals surface area contributed by atoms with E-state index >= 15 is 0 Å². The zero-order valence-corrected chi connectivity index (χ0v) is 21.5. The summed E-state index contributed by atoms with van der Waals surface area (Å²) in [4.78, 5) is 12.7. The summed E-state index contributed by atoms with van der Waals surface area (Å²) in [5, 5.41) is 0. The van der Waals surface area contributed by atoms with Crippen molar-refractivity contribution in [3.05, 3.63) is 0 Å². The summed E-state index contributed by atoms with van der Waals surface area (Å²) in [6, 6.07) is 0. The number of ether oxygens (including phenoxy) is 3. The molecule has 0 aromatic rings. The number of rotatable bonds is 24. The summed E-state index contributed by atoms with van der Waals surface area (Å²) in [6.07, 6.45) is 21.4. The third-order valence-electron chi connectivity index (χ3n) is 5.85. The third-order valence-corrected chi connectivity index (χ3v) is 5.85. The molecule has 0 saturated carbocycles. The van der Waals surface area contributed by atoms with E-state index in [0.29, 0.717) is 19.8 Å². The highest BCUT2D eigenvalue weighted by Gasteiger charge is 2.37. The van der Waals surface area contributed by atoms with Gasteiger partial charge in [-0.1, -0.05) is 117 Å². The molecule has 0 atom stereocenters. The van der Waals surface area contributed by atoms with Gasteiger partial charge in [0.25, 0.3) is 5.79 Å². The largest absolute Gasteiger partial charge is 0.462 e. The molecule has 0 aliphatic heterocycles. The van der Waals surface area contributed by atoms with E-state index in [0.717, 1.165) is 38.5 Å². The standard InChI is InChI=1S/C27H54O4/c1-5-8-11-14-17-20-23-29-26(28)27(4,30-24-21-18-15-12-9-6-2)31-25-22-19-16-13-10-7-3/h5-25H2,1-4H3. The zero-order chi connectivity index (χ0) is 23.0. The molecule has 0 aromatic heterocycles. The van der Waals surface area contributed by atoms with Crippen molar-refractivity contribution in [1.82, 2.24) is 0 Å². The molecule has 0 spiro atoms. The molecule has 0 aromatic carbocycles. The molecular formula is C27H54O4. The molecule has 0 N–H and O–H groups in total. The number of unbranched alkanes of at least 4 members (excludes halogenated alkanes) is 15. The average Bonchev–Trinajstić information content (AvgIpc) is 2.77. The molecule has 0 fully saturated rings. The van der Waals surface area contributed by atoms with Gasteiger partial charge >= 0.3 is 5.97 Å². The number of carbonyl (C=O) groups excluding carboxylic acids is 1. The maximum atomic E-state index is 12.7. The van der Waals surface area contributed by atoms with Crippen LogP contribution in [0.25, 0.3) is 0 Å². The lowest BCUT2D eigenvalue weighted by atomic mass is 10.1. The van der Waals surface area contributed by atoms with Crippen LogP contribution in [0.2, 0.25) is 0 Å². The smallest absolute Gasteiger partial charge is 0.366 e. The summed E-state index contributed by atoms with van der Waals surface area (Å²) in [6.45, 7) is 9.97. The minimum atomic E-state index is -1.27. The second-order valence-electron chi connectivity index (χ2n) is 9.08. The fourth-order valence-electron chi connectivity index (χ4n) is 3.64. The number of hydrogen-bond acceptors (Lipinski definition) is 4. The maximum absolute atomic E-state index is 12.7. The van der Waals surface area contributed by atoms with Gasteiger partial charge in [0.1, 0.15) is 0 Å². The molecule has 4 heteroatoms. The Morgan fingerprint density at radius 2 is 0.839 bits per heavy atom. The van der Waals surface area contributed by atoms with Gasteiger partial charge in [-0.3, -0.25) is 0 Å². The first-order valence-electron chi connectivity index (χ1n) is 13.6. The Labute approximate surface area is 194 Å². The summed E-state index contributed by atoms with van der Waals surface area (Å²) in [5.74, 6) is -1.63. The minimum absolute atomic E-state index is 0.363. The highest BCUT2D eigenvalue weighted by atomic mass is 16.7. The first-order valence-corrected chi connectivity index (χ1v) is 13.6. The van der Waals surface area contributed by atoms with Gasteiger partial charge in [-0.25, -0.2) is 4.79 Å². The van der Waals surface area contributed by atoms with Crippen molar-refractivity contribution in [2.45, 2.75) is 149 Å². The lowest BCUT2D eigenvalue weighted by Gasteiger charge is -2.28. The van der Waals surface area contributed by atoms with Gasteiger partial charge in [-0.2, -0.15) is 0 Å². The lowest BCUT2D eigenvalue weighted by molar-refractivity contribution is -0.241. The second-order valence-corrected chi connectivity index (χ2v) is 9.08. The average molecular weight is 443 g/mol. The fourth-order valence-corrected chi connectivity index (χ4v) is 3.64. The van der Waals surface area contributed by atoms with Crippen LogP contribution in [-0.4, -0.2) is 31.6 Å². The molecule has 0 amide bonds. The van der Waals surface area contributed by atoms with Crippen LogP contribution in [0.5, 0.6) is 0 Å². The Bertz CT molecular complexity index is 365. The molecule has 0 aliphatic rings. The molecule has 31 heavy (non-hydrogen) atoms. The van der Waals surface area contributed by atoms with E-state index in [-0.39, 0.29) is 5.97 Å². The van der Waals surface area contributed by atoms with E-state index in [4.69, 9.17) is 14.2 Å². The van der Waals surface area contributed by atoms with Crippen molar-refractivity contribution >= 4 is 5.97 Å². The van der Waals surface area contributed by atoms with Crippen LogP contribution >= 0.6 is 0 Å². The van der Waals surface area contributed by atoms with Gasteiger partial charge in [0.05, 0.1) is 19.8 Å². The van der Waals surface area contributed by atoms with Crippen molar-refractivity contribution in [3.8, 4) is 0 Å². The highest BCUT2D eigenvalue weighted by Crippen LogP contribution is 2.19. The summed E-state index contributed by atoms with van der Waals surface area (Å²) >= 11 is 0. The first-order chi connectivity index (χ1) is 15.1. The summed E-state index contributed by atoms with van der Waals surface area (Å²) in [7, 11) is 0. The Kier molecular flexibility index (Phi) is 22.1. The second kappa shape index (κ2) is 22.6. The highest BCUT2D eigenvalue weighted by molar-refractivity contribution is 5.77. The van der Waals surface area contributed by atoms with Crippen molar-refractivity contribution in [2.75, 3.05) is 19.8 Å². The maximum Gasteiger partial charge on any atom is 0.366 e. The quantitative estimate of drug-likeness (QED) is 0.0855. The molecule has 0 aliphatic carbocycles. The predicted octanol–water partition coefficient (Wildman–Crippen LogP) is 8.36. The molecule has 4 nitrogen and oxygen atoms in total. The predicted molar refractivity (Wildman–Crippen MR) is 131 cm³/mol. The van der Waals surface area contributed by atoms with E-state index in [1.807, 2.05) is 0 Å². The van der Waals surface area contributed by atoms with Crippen LogP contribution in [0.3, 0.4) is 0 Å². The van der Waals surface area contributed by atoms with Crippen LogP contribution in [0.4, 0.5) is 0 Å². The van der Waals surface area contributed by atoms with Gasteiger partial charge in [0.15, 0.2) is 0 Å². The van der Waals surface area contributed by atoms with Crippen molar-refractivity contribution in [1.29, 1.82) is 0 Å². The number of esters is 1. The molecular weight excluding hydrogens is 388 g/mol. The molecule has 0 heterocycles. The Morgan fingerprint density at radius 1 is 0.516 bits per heavy atom. The molecule has 0 unspecified atom stereocenters. The van der Waals surface area contributed by atoms with E-state index in [1.54, 1.807) is 6.92 Å². The van der Waals surface area contributed by atoms with E-state index in [2.05, 4.69) is 20.8 Å². The molecule has 0 saturated heterocycles. The van der Waals surface area contributed by atoms with Gasteiger partial charge in [0, 0.05) is 6.92 Å². The summed E-state index contributed by atoms with van der Waals surface area (Å²) < 4.78 is 17.5. The van der Waals surface area contributed by atoms with Crippen LogP contribution < -0.4 is 0 Å². The fraction of sp³-hybridized carbons (Fsp3) is 0.963. The number of carbonyl (C=O) groups is 1. The topological polar surface area (TPSA) is 44.8 Å². The van der Waals surface area contributed by atoms with E-state index in [1.165, 1.54) is 77.0 Å². The van der Waals surface area contributed by atoms with Crippen LogP contribution in [-0.2, 0) is 19.0 Å². The molecule has 0 bridgehead atoms. The van der Waals surface area contributed by atoms with Crippen LogP contribution in [0.1, 0.15) is 143 Å². The SMILES string of the molecule is CCCCCCCCOC(=O)C(C)(OCCCCCCCC)OCCCCCCCC. The van der Waals surface area contributed by atoms with Crippen molar-refractivity contribution in [2.24, 2.45) is 0 Å². The lowest BCUT2D eigenvalue weighted by Crippen LogP contribution is -2.43. The van der Waals surface area contributed by atoms with Crippen LogP contribution in [0, 0.1) is 0 Å². The Balaban J connectivity index is 4.27.